The maximum Gasteiger partial charge on any atom is 0.337 e. The molecule has 0 spiro atoms. The lowest BCUT2D eigenvalue weighted by molar-refractivity contribution is 0.00712. The van der Waals surface area contributed by atoms with E-state index in [0.29, 0.717) is 24.8 Å². The molecule has 9 nitrogen and oxygen atoms in total. The smallest absolute Gasteiger partial charge is 0.337 e. The zero-order chi connectivity index (χ0) is 28.4. The van der Waals surface area contributed by atoms with Crippen LogP contribution in [0.15, 0.2) is 30.2 Å². The van der Waals surface area contributed by atoms with E-state index in [1.54, 1.807) is 0 Å². The molecule has 38 heavy (non-hydrogen) atoms. The van der Waals surface area contributed by atoms with Crippen molar-refractivity contribution in [3.63, 3.8) is 0 Å². The Labute approximate surface area is 227 Å². The van der Waals surface area contributed by atoms with Gasteiger partial charge in [-0.1, -0.05) is 84.1 Å². The first-order valence-electron chi connectivity index (χ1n) is 13.8. The van der Waals surface area contributed by atoms with Gasteiger partial charge < -0.3 is 20.6 Å². The van der Waals surface area contributed by atoms with Crippen molar-refractivity contribution in [2.24, 2.45) is 0 Å². The number of aliphatic hydroxyl groups is 2. The summed E-state index contributed by atoms with van der Waals surface area (Å²) in [4.78, 5) is 23.8. The van der Waals surface area contributed by atoms with Crippen molar-refractivity contribution >= 4 is 27.6 Å². The SMILES string of the molecule is C=CS(=O)(=O)Nc1cc(C(=O)NCCCCCCCCC(O)C(O)CCCCCCCC)ccc1C(=O)O. The second kappa shape index (κ2) is 18.8. The van der Waals surface area contributed by atoms with Crippen molar-refractivity contribution in [2.75, 3.05) is 11.3 Å². The molecule has 0 radical (unpaired) electrons. The summed E-state index contributed by atoms with van der Waals surface area (Å²) >= 11 is 0. The van der Waals surface area contributed by atoms with Gasteiger partial charge in [0.25, 0.3) is 15.9 Å². The number of aliphatic hydroxyl groups excluding tert-OH is 2. The van der Waals surface area contributed by atoms with E-state index in [0.717, 1.165) is 51.4 Å². The number of benzene rings is 1. The van der Waals surface area contributed by atoms with Crippen LogP contribution in [-0.4, -0.2) is 54.4 Å². The van der Waals surface area contributed by atoms with Gasteiger partial charge in [-0.2, -0.15) is 0 Å². The number of aromatic carboxylic acids is 1. The van der Waals surface area contributed by atoms with Crippen molar-refractivity contribution in [1.82, 2.24) is 5.32 Å². The minimum Gasteiger partial charge on any atom is -0.478 e. The molecule has 0 fully saturated rings. The molecule has 1 amide bonds. The number of hydrogen-bond acceptors (Lipinski definition) is 6. The predicted octanol–water partition coefficient (Wildman–Crippen LogP) is 5.20. The first kappa shape index (κ1) is 33.6. The van der Waals surface area contributed by atoms with Gasteiger partial charge in [-0.3, -0.25) is 9.52 Å². The van der Waals surface area contributed by atoms with Gasteiger partial charge in [-0.05, 0) is 37.5 Å². The van der Waals surface area contributed by atoms with Crippen LogP contribution < -0.4 is 10.0 Å². The average Bonchev–Trinajstić information content (AvgIpc) is 2.88. The van der Waals surface area contributed by atoms with Crippen molar-refractivity contribution < 1.29 is 33.3 Å². The van der Waals surface area contributed by atoms with E-state index in [9.17, 15) is 33.3 Å². The van der Waals surface area contributed by atoms with Crippen molar-refractivity contribution in [2.45, 2.75) is 109 Å². The maximum atomic E-state index is 12.4. The van der Waals surface area contributed by atoms with Gasteiger partial charge in [0.1, 0.15) is 0 Å². The molecule has 2 atom stereocenters. The minimum atomic E-state index is -3.93. The van der Waals surface area contributed by atoms with Crippen LogP contribution in [0.5, 0.6) is 0 Å². The second-order valence-electron chi connectivity index (χ2n) is 9.74. The zero-order valence-electron chi connectivity index (χ0n) is 22.7. The fourth-order valence-corrected chi connectivity index (χ4v) is 4.72. The summed E-state index contributed by atoms with van der Waals surface area (Å²) in [6, 6.07) is 3.71. The highest BCUT2D eigenvalue weighted by molar-refractivity contribution is 7.95. The van der Waals surface area contributed by atoms with E-state index in [1.165, 1.54) is 43.9 Å². The number of rotatable bonds is 22. The molecular weight excluding hydrogens is 508 g/mol. The number of carboxylic acids is 1. The van der Waals surface area contributed by atoms with Gasteiger partial charge in [0.2, 0.25) is 0 Å². The molecule has 1 aromatic carbocycles. The van der Waals surface area contributed by atoms with Gasteiger partial charge in [0.15, 0.2) is 0 Å². The molecule has 0 aliphatic carbocycles. The average molecular weight is 555 g/mol. The Morgan fingerprint density at radius 1 is 0.895 bits per heavy atom. The van der Waals surface area contributed by atoms with Gasteiger partial charge in [0, 0.05) is 17.5 Å². The van der Waals surface area contributed by atoms with E-state index in [4.69, 9.17) is 0 Å². The second-order valence-corrected chi connectivity index (χ2v) is 11.4. The minimum absolute atomic E-state index is 0.147. The van der Waals surface area contributed by atoms with Crippen LogP contribution in [0.1, 0.15) is 118 Å². The number of carbonyl (C=O) groups excluding carboxylic acids is 1. The monoisotopic (exact) mass is 554 g/mol. The standard InChI is InChI=1S/C28H46N2O7S/c1-3-5-6-7-10-13-16-25(31)26(32)17-14-11-8-9-12-15-20-29-27(33)22-18-19-23(28(34)35)24(21-22)30-38(36,37)4-2/h4,18-19,21,25-26,30-32H,2-3,5-17,20H2,1H3,(H,29,33)(H,34,35). The Bertz CT molecular complexity index is 966. The largest absolute Gasteiger partial charge is 0.478 e. The third kappa shape index (κ3) is 13.9. The highest BCUT2D eigenvalue weighted by Crippen LogP contribution is 2.20. The van der Waals surface area contributed by atoms with E-state index in [2.05, 4.69) is 23.5 Å². The van der Waals surface area contributed by atoms with Gasteiger partial charge >= 0.3 is 5.97 Å². The number of anilines is 1. The molecule has 0 aliphatic rings. The van der Waals surface area contributed by atoms with Crippen LogP contribution in [-0.2, 0) is 10.0 Å². The molecule has 0 heterocycles. The van der Waals surface area contributed by atoms with E-state index < -0.39 is 34.1 Å². The third-order valence-electron chi connectivity index (χ3n) is 6.49. The molecular formula is C28H46N2O7S. The molecule has 0 saturated carbocycles. The van der Waals surface area contributed by atoms with E-state index in [-0.39, 0.29) is 16.8 Å². The van der Waals surface area contributed by atoms with Crippen molar-refractivity contribution in [3.05, 3.63) is 41.3 Å². The number of unbranched alkanes of at least 4 members (excludes halogenated alkanes) is 10. The molecule has 10 heteroatoms. The summed E-state index contributed by atoms with van der Waals surface area (Å²) in [5.41, 5.74) is -0.328. The highest BCUT2D eigenvalue weighted by atomic mass is 32.2. The number of carboxylic acid groups (broad SMARTS) is 1. The molecule has 1 rings (SSSR count). The third-order valence-corrected chi connectivity index (χ3v) is 7.44. The summed E-state index contributed by atoms with van der Waals surface area (Å²) in [5, 5.41) is 33.0. The molecule has 1 aromatic rings. The Balaban J connectivity index is 2.23. The summed E-state index contributed by atoms with van der Waals surface area (Å²) in [5.74, 6) is -1.74. The normalized spacial score (nSPS) is 13.0. The molecule has 5 N–H and O–H groups in total. The molecule has 216 valence electrons. The Morgan fingerprint density at radius 2 is 1.42 bits per heavy atom. The molecule has 0 bridgehead atoms. The fraction of sp³-hybridized carbons (Fsp3) is 0.643. The maximum absolute atomic E-state index is 12.4. The number of nitrogens with one attached hydrogen (secondary N) is 2. The quantitative estimate of drug-likeness (QED) is 0.123. The van der Waals surface area contributed by atoms with Crippen LogP contribution >= 0.6 is 0 Å². The van der Waals surface area contributed by atoms with Gasteiger partial charge in [-0.25, -0.2) is 13.2 Å². The molecule has 0 aromatic heterocycles. The number of amides is 1. The van der Waals surface area contributed by atoms with Gasteiger partial charge in [0.05, 0.1) is 23.5 Å². The molecule has 0 saturated heterocycles. The first-order valence-corrected chi connectivity index (χ1v) is 15.3. The summed E-state index contributed by atoms with van der Waals surface area (Å²) in [6.45, 7) is 5.81. The fourth-order valence-electron chi connectivity index (χ4n) is 4.16. The van der Waals surface area contributed by atoms with E-state index in [1.807, 2.05) is 0 Å². The highest BCUT2D eigenvalue weighted by Gasteiger charge is 2.17. The van der Waals surface area contributed by atoms with Crippen molar-refractivity contribution in [3.8, 4) is 0 Å². The number of sulfonamides is 1. The Hall–Kier alpha value is -2.43. The predicted molar refractivity (Wildman–Crippen MR) is 151 cm³/mol. The van der Waals surface area contributed by atoms with Gasteiger partial charge in [-0.15, -0.1) is 0 Å². The topological polar surface area (TPSA) is 153 Å². The van der Waals surface area contributed by atoms with Crippen LogP contribution in [0, 0.1) is 0 Å². The lowest BCUT2D eigenvalue weighted by Gasteiger charge is -2.17. The summed E-state index contributed by atoms with van der Waals surface area (Å²) < 4.78 is 25.6. The summed E-state index contributed by atoms with van der Waals surface area (Å²) in [7, 11) is -3.93. The lowest BCUT2D eigenvalue weighted by Crippen LogP contribution is -2.25. The Kier molecular flexibility index (Phi) is 16.6. The molecule has 0 aliphatic heterocycles. The number of carbonyl (C=O) groups is 2. The molecule has 2 unspecified atom stereocenters. The van der Waals surface area contributed by atoms with Crippen LogP contribution in [0.25, 0.3) is 0 Å². The summed E-state index contributed by atoms with van der Waals surface area (Å²) in [6.07, 6.45) is 12.5. The van der Waals surface area contributed by atoms with Crippen molar-refractivity contribution in [1.29, 1.82) is 0 Å². The zero-order valence-corrected chi connectivity index (χ0v) is 23.5. The van der Waals surface area contributed by atoms with Crippen LogP contribution in [0.2, 0.25) is 0 Å². The Morgan fingerprint density at radius 3 is 1.95 bits per heavy atom. The lowest BCUT2D eigenvalue weighted by atomic mass is 9.99. The van der Waals surface area contributed by atoms with E-state index >= 15 is 0 Å². The number of hydrogen-bond donors (Lipinski definition) is 5. The van der Waals surface area contributed by atoms with Crippen LogP contribution in [0.4, 0.5) is 5.69 Å². The first-order chi connectivity index (χ1) is 18.1. The van der Waals surface area contributed by atoms with Crippen LogP contribution in [0.3, 0.4) is 0 Å².